The van der Waals surface area contributed by atoms with E-state index in [1.54, 1.807) is 0 Å². The number of hydrogen-bond donors (Lipinski definition) is 1. The molecule has 2 nitrogen and oxygen atoms in total. The Kier molecular flexibility index (Phi) is 3.00. The van der Waals surface area contributed by atoms with Crippen LogP contribution in [0.1, 0.15) is 25.7 Å². The van der Waals surface area contributed by atoms with Crippen molar-refractivity contribution in [1.82, 2.24) is 4.90 Å². The van der Waals surface area contributed by atoms with E-state index in [-0.39, 0.29) is 5.29 Å². The number of likely N-dealkylation sites (tertiary alicyclic amines) is 1. The van der Waals surface area contributed by atoms with E-state index in [0.29, 0.717) is 0 Å². The second kappa shape index (κ2) is 3.81. The third kappa shape index (κ3) is 2.18. The summed E-state index contributed by atoms with van der Waals surface area (Å²) in [5, 5.41) is 7.39. The minimum Gasteiger partial charge on any atom is -0.347 e. The Morgan fingerprint density at radius 2 is 1.60 bits per heavy atom. The van der Waals surface area contributed by atoms with Gasteiger partial charge in [-0.2, -0.15) is 0 Å². The molecular weight excluding hydrogens is 148 g/mol. The van der Waals surface area contributed by atoms with Crippen molar-refractivity contribution in [2.75, 3.05) is 13.1 Å². The third-order valence-corrected chi connectivity index (χ3v) is 2.12. The van der Waals surface area contributed by atoms with Crippen molar-refractivity contribution >= 4 is 16.9 Å². The van der Waals surface area contributed by atoms with E-state index in [4.69, 9.17) is 17.0 Å². The molecule has 0 saturated carbocycles. The van der Waals surface area contributed by atoms with Crippen LogP contribution < -0.4 is 0 Å². The van der Waals surface area contributed by atoms with Gasteiger partial charge in [-0.15, -0.1) is 0 Å². The van der Waals surface area contributed by atoms with E-state index in [1.807, 2.05) is 4.90 Å². The Hall–Kier alpha value is -0.240. The molecule has 1 aliphatic heterocycles. The van der Waals surface area contributed by atoms with Crippen LogP contribution >= 0.6 is 11.6 Å². The molecule has 1 rings (SSSR count). The molecular formula is C7H13ClN2. The Morgan fingerprint density at radius 1 is 1.10 bits per heavy atom. The van der Waals surface area contributed by atoms with E-state index >= 15 is 0 Å². The molecule has 3 heteroatoms. The summed E-state index contributed by atoms with van der Waals surface area (Å²) in [7, 11) is 0. The van der Waals surface area contributed by atoms with Gasteiger partial charge in [-0.05, 0) is 24.4 Å². The molecule has 0 aliphatic carbocycles. The Morgan fingerprint density at radius 3 is 2.00 bits per heavy atom. The molecule has 0 aromatic carbocycles. The smallest absolute Gasteiger partial charge is 0.191 e. The summed E-state index contributed by atoms with van der Waals surface area (Å²) in [4.78, 5) is 1.94. The molecule has 1 heterocycles. The zero-order valence-corrected chi connectivity index (χ0v) is 6.82. The molecule has 0 aromatic rings. The molecule has 1 saturated heterocycles. The van der Waals surface area contributed by atoms with Crippen molar-refractivity contribution in [2.45, 2.75) is 25.7 Å². The first-order chi connectivity index (χ1) is 4.80. The topological polar surface area (TPSA) is 27.1 Å². The number of halogens is 1. The van der Waals surface area contributed by atoms with Crippen LogP contribution in [0.4, 0.5) is 0 Å². The summed E-state index contributed by atoms with van der Waals surface area (Å²) in [6.07, 6.45) is 4.96. The van der Waals surface area contributed by atoms with Crippen molar-refractivity contribution in [3.05, 3.63) is 0 Å². The highest BCUT2D eigenvalue weighted by Crippen LogP contribution is 2.10. The van der Waals surface area contributed by atoms with Gasteiger partial charge in [0.1, 0.15) is 0 Å². The molecule has 10 heavy (non-hydrogen) atoms. The van der Waals surface area contributed by atoms with E-state index in [0.717, 1.165) is 13.1 Å². The molecule has 1 fully saturated rings. The van der Waals surface area contributed by atoms with Gasteiger partial charge in [0.05, 0.1) is 0 Å². The van der Waals surface area contributed by atoms with Gasteiger partial charge in [-0.3, -0.25) is 5.41 Å². The average molecular weight is 161 g/mol. The number of nitrogens with one attached hydrogen (secondary N) is 1. The van der Waals surface area contributed by atoms with Gasteiger partial charge >= 0.3 is 0 Å². The monoisotopic (exact) mass is 160 g/mol. The lowest BCUT2D eigenvalue weighted by atomic mass is 10.2. The predicted molar refractivity (Wildman–Crippen MR) is 43.6 cm³/mol. The average Bonchev–Trinajstić information content (AvgIpc) is 2.12. The molecule has 58 valence electrons. The minimum absolute atomic E-state index is 0.210. The van der Waals surface area contributed by atoms with Gasteiger partial charge in [0.15, 0.2) is 5.29 Å². The quantitative estimate of drug-likeness (QED) is 0.328. The summed E-state index contributed by atoms with van der Waals surface area (Å²) in [6.45, 7) is 1.95. The second-order valence-electron chi connectivity index (χ2n) is 2.69. The van der Waals surface area contributed by atoms with E-state index in [9.17, 15) is 0 Å². The highest BCUT2D eigenvalue weighted by molar-refractivity contribution is 6.63. The van der Waals surface area contributed by atoms with Crippen LogP contribution in [0.3, 0.4) is 0 Å². The number of hydrogen-bond acceptors (Lipinski definition) is 1. The summed E-state index contributed by atoms with van der Waals surface area (Å²) >= 11 is 5.54. The second-order valence-corrected chi connectivity index (χ2v) is 3.05. The lowest BCUT2D eigenvalue weighted by molar-refractivity contribution is 0.440. The zero-order valence-electron chi connectivity index (χ0n) is 6.07. The largest absolute Gasteiger partial charge is 0.347 e. The summed E-state index contributed by atoms with van der Waals surface area (Å²) < 4.78 is 0. The normalized spacial score (nSPS) is 20.3. The first kappa shape index (κ1) is 7.86. The van der Waals surface area contributed by atoms with Crippen molar-refractivity contribution in [3.8, 4) is 0 Å². The summed E-state index contributed by atoms with van der Waals surface area (Å²) in [6, 6.07) is 0. The Labute approximate surface area is 66.7 Å². The van der Waals surface area contributed by atoms with Crippen LogP contribution in [-0.2, 0) is 0 Å². The molecule has 0 radical (unpaired) electrons. The van der Waals surface area contributed by atoms with Gasteiger partial charge in [-0.25, -0.2) is 0 Å². The van der Waals surface area contributed by atoms with Gasteiger partial charge in [0, 0.05) is 13.1 Å². The Balaban J connectivity index is 2.35. The van der Waals surface area contributed by atoms with Crippen LogP contribution in [-0.4, -0.2) is 23.3 Å². The van der Waals surface area contributed by atoms with Crippen molar-refractivity contribution in [1.29, 1.82) is 5.41 Å². The maximum absolute atomic E-state index is 7.18. The van der Waals surface area contributed by atoms with Crippen molar-refractivity contribution in [2.24, 2.45) is 0 Å². The van der Waals surface area contributed by atoms with Gasteiger partial charge < -0.3 is 4.90 Å². The van der Waals surface area contributed by atoms with Crippen LogP contribution in [0.5, 0.6) is 0 Å². The van der Waals surface area contributed by atoms with Crippen LogP contribution in [0.25, 0.3) is 0 Å². The molecule has 1 N–H and O–H groups in total. The third-order valence-electron chi connectivity index (χ3n) is 1.88. The van der Waals surface area contributed by atoms with Gasteiger partial charge in [-0.1, -0.05) is 12.8 Å². The Bertz CT molecular complexity index is 117. The first-order valence-corrected chi connectivity index (χ1v) is 4.17. The van der Waals surface area contributed by atoms with Crippen molar-refractivity contribution in [3.63, 3.8) is 0 Å². The highest BCUT2D eigenvalue weighted by Gasteiger charge is 2.09. The maximum atomic E-state index is 7.18. The number of rotatable bonds is 0. The van der Waals surface area contributed by atoms with Crippen LogP contribution in [0.15, 0.2) is 0 Å². The van der Waals surface area contributed by atoms with E-state index < -0.39 is 0 Å². The fourth-order valence-electron chi connectivity index (χ4n) is 1.27. The minimum atomic E-state index is 0.210. The molecule has 1 aliphatic rings. The molecule has 0 bridgehead atoms. The number of amidine groups is 1. The van der Waals surface area contributed by atoms with Crippen LogP contribution in [0.2, 0.25) is 0 Å². The lowest BCUT2D eigenvalue weighted by Gasteiger charge is -2.17. The molecule has 0 aromatic heterocycles. The van der Waals surface area contributed by atoms with E-state index in [2.05, 4.69) is 0 Å². The molecule has 0 atom stereocenters. The standard InChI is InChI=1S/C7H13ClN2/c8-7(9)10-5-3-1-2-4-6-10/h9H,1-6H2. The SMILES string of the molecule is N=C(Cl)N1CCCCCC1. The predicted octanol–water partition coefficient (Wildman–Crippen LogP) is 2.04. The fourth-order valence-corrected chi connectivity index (χ4v) is 1.44. The molecule has 0 spiro atoms. The van der Waals surface area contributed by atoms with Gasteiger partial charge in [0.2, 0.25) is 0 Å². The lowest BCUT2D eigenvalue weighted by Crippen LogP contribution is -2.27. The van der Waals surface area contributed by atoms with Crippen LogP contribution in [0, 0.1) is 5.41 Å². The van der Waals surface area contributed by atoms with Crippen molar-refractivity contribution < 1.29 is 0 Å². The summed E-state index contributed by atoms with van der Waals surface area (Å²) in [5.74, 6) is 0. The number of nitrogens with zero attached hydrogens (tertiary/aromatic N) is 1. The fraction of sp³-hybridized carbons (Fsp3) is 0.857. The van der Waals surface area contributed by atoms with E-state index in [1.165, 1.54) is 25.7 Å². The highest BCUT2D eigenvalue weighted by atomic mass is 35.5. The zero-order chi connectivity index (χ0) is 7.40. The molecule has 0 amide bonds. The summed E-state index contributed by atoms with van der Waals surface area (Å²) in [5.41, 5.74) is 0. The van der Waals surface area contributed by atoms with Gasteiger partial charge in [0.25, 0.3) is 0 Å². The molecule has 0 unspecified atom stereocenters. The maximum Gasteiger partial charge on any atom is 0.191 e. The first-order valence-electron chi connectivity index (χ1n) is 3.80.